The quantitative estimate of drug-likeness (QED) is 0.711. The van der Waals surface area contributed by atoms with E-state index in [9.17, 15) is 8.42 Å². The highest BCUT2D eigenvalue weighted by Gasteiger charge is 2.27. The molecule has 2 heterocycles. The van der Waals surface area contributed by atoms with E-state index in [4.69, 9.17) is 9.47 Å². The van der Waals surface area contributed by atoms with Gasteiger partial charge in [-0.05, 0) is 24.3 Å². The molecule has 0 aromatic carbocycles. The maximum Gasteiger partial charge on any atom is 0.271 e. The Morgan fingerprint density at radius 3 is 1.73 bits per heavy atom. The van der Waals surface area contributed by atoms with Gasteiger partial charge >= 0.3 is 0 Å². The zero-order chi connectivity index (χ0) is 10.7. The van der Waals surface area contributed by atoms with Crippen LogP contribution in [0.1, 0.15) is 0 Å². The van der Waals surface area contributed by atoms with Crippen LogP contribution in [0.2, 0.25) is 0 Å². The highest BCUT2D eigenvalue weighted by Crippen LogP contribution is 2.22. The van der Waals surface area contributed by atoms with Crippen LogP contribution in [0.5, 0.6) is 0 Å². The minimum absolute atomic E-state index is 0.0634. The van der Waals surface area contributed by atoms with Crippen molar-refractivity contribution in [1.29, 1.82) is 0 Å². The summed E-state index contributed by atoms with van der Waals surface area (Å²) < 4.78 is 33.8. The summed E-state index contributed by atoms with van der Waals surface area (Å²) >= 11 is 0. The van der Waals surface area contributed by atoms with Gasteiger partial charge in [-0.15, -0.1) is 0 Å². The fourth-order valence-electron chi connectivity index (χ4n) is 1.19. The summed E-state index contributed by atoms with van der Waals surface area (Å²) in [4.78, 5) is 0. The highest BCUT2D eigenvalue weighted by molar-refractivity contribution is 7.98. The summed E-state index contributed by atoms with van der Waals surface area (Å²) in [6, 6.07) is 0. The summed E-state index contributed by atoms with van der Waals surface area (Å²) in [5.74, 6) is 0. The van der Waals surface area contributed by atoms with Crippen molar-refractivity contribution in [3.05, 3.63) is 46.6 Å². The van der Waals surface area contributed by atoms with E-state index in [1.54, 1.807) is 24.3 Å². The van der Waals surface area contributed by atoms with E-state index in [1.165, 1.54) is 12.2 Å². The van der Waals surface area contributed by atoms with Crippen molar-refractivity contribution in [1.82, 2.24) is 0 Å². The first-order valence-electron chi connectivity index (χ1n) is 4.45. The predicted octanol–water partition coefficient (Wildman–Crippen LogP) is 1.26. The third-order valence-electron chi connectivity index (χ3n) is 1.91. The number of allylic oxidation sites excluding steroid dienone is 4. The van der Waals surface area contributed by atoms with Crippen LogP contribution < -0.4 is 0 Å². The normalized spacial score (nSPS) is 20.0. The Morgan fingerprint density at radius 1 is 0.933 bits per heavy atom. The summed E-state index contributed by atoms with van der Waals surface area (Å²) in [6.45, 7) is 0.544. The fourth-order valence-corrected chi connectivity index (χ4v) is 2.35. The molecular formula is C10H10O4S. The zero-order valence-corrected chi connectivity index (χ0v) is 8.74. The average molecular weight is 226 g/mol. The number of hydrogen-bond donors (Lipinski definition) is 0. The first-order chi connectivity index (χ1) is 7.21. The smallest absolute Gasteiger partial charge is 0.271 e. The maximum absolute atomic E-state index is 11.9. The molecular weight excluding hydrogens is 216 g/mol. The first-order valence-corrected chi connectivity index (χ1v) is 5.94. The van der Waals surface area contributed by atoms with Crippen LogP contribution in [0, 0.1) is 0 Å². The minimum atomic E-state index is -3.61. The Labute approximate surface area is 88.1 Å². The van der Waals surface area contributed by atoms with Crippen LogP contribution >= 0.6 is 0 Å². The molecule has 15 heavy (non-hydrogen) atoms. The van der Waals surface area contributed by atoms with Gasteiger partial charge < -0.3 is 9.47 Å². The van der Waals surface area contributed by atoms with Crippen LogP contribution in [0.4, 0.5) is 0 Å². The Kier molecular flexibility index (Phi) is 2.64. The second-order valence-electron chi connectivity index (χ2n) is 2.95. The zero-order valence-electron chi connectivity index (χ0n) is 7.92. The lowest BCUT2D eigenvalue weighted by atomic mass is 10.4. The molecule has 0 radical (unpaired) electrons. The van der Waals surface area contributed by atoms with Gasteiger partial charge in [-0.3, -0.25) is 0 Å². The summed E-state index contributed by atoms with van der Waals surface area (Å²) in [6.07, 6.45) is 9.60. The molecule has 80 valence electrons. The molecule has 2 rings (SSSR count). The van der Waals surface area contributed by atoms with Crippen LogP contribution in [-0.2, 0) is 19.3 Å². The van der Waals surface area contributed by atoms with Gasteiger partial charge in [0.25, 0.3) is 9.84 Å². The van der Waals surface area contributed by atoms with E-state index in [1.807, 2.05) is 0 Å². The first kappa shape index (κ1) is 10.0. The van der Waals surface area contributed by atoms with Crippen molar-refractivity contribution in [2.24, 2.45) is 0 Å². The number of sulfone groups is 1. The predicted molar refractivity (Wildman–Crippen MR) is 55.3 cm³/mol. The molecule has 0 spiro atoms. The average Bonchev–Trinajstić information content (AvgIpc) is 2.31. The largest absolute Gasteiger partial charge is 0.479 e. The molecule has 2 aliphatic heterocycles. The fraction of sp³-hybridized carbons (Fsp3) is 0.200. The van der Waals surface area contributed by atoms with Gasteiger partial charge in [0.05, 0.1) is 0 Å². The molecule has 0 amide bonds. The van der Waals surface area contributed by atoms with Crippen LogP contribution in [-0.4, -0.2) is 21.6 Å². The Morgan fingerprint density at radius 2 is 1.40 bits per heavy atom. The lowest BCUT2D eigenvalue weighted by Gasteiger charge is -2.15. The molecule has 5 heteroatoms. The van der Waals surface area contributed by atoms with Gasteiger partial charge in [0.15, 0.2) is 0 Å². The van der Waals surface area contributed by atoms with Gasteiger partial charge in [-0.25, -0.2) is 8.42 Å². The third-order valence-corrected chi connectivity index (χ3v) is 3.48. The molecule has 0 saturated carbocycles. The van der Waals surface area contributed by atoms with Crippen molar-refractivity contribution in [3.8, 4) is 0 Å². The van der Waals surface area contributed by atoms with Crippen molar-refractivity contribution in [2.75, 3.05) is 13.2 Å². The van der Waals surface area contributed by atoms with E-state index < -0.39 is 9.84 Å². The van der Waals surface area contributed by atoms with Crippen molar-refractivity contribution >= 4 is 9.84 Å². The molecule has 0 fully saturated rings. The number of rotatable bonds is 2. The molecule has 0 aliphatic carbocycles. The third kappa shape index (κ3) is 1.97. The van der Waals surface area contributed by atoms with Gasteiger partial charge in [0.1, 0.15) is 13.2 Å². The number of ether oxygens (including phenoxy) is 2. The molecule has 4 nitrogen and oxygen atoms in total. The van der Waals surface area contributed by atoms with Crippen LogP contribution in [0.3, 0.4) is 0 Å². The molecule has 0 bridgehead atoms. The summed E-state index contributed by atoms with van der Waals surface area (Å²) in [7, 11) is -3.61. The van der Waals surface area contributed by atoms with Crippen molar-refractivity contribution in [2.45, 2.75) is 0 Å². The molecule has 0 N–H and O–H groups in total. The second-order valence-corrected chi connectivity index (χ2v) is 4.76. The lowest BCUT2D eigenvalue weighted by Crippen LogP contribution is -2.15. The summed E-state index contributed by atoms with van der Waals surface area (Å²) in [5, 5.41) is -0.127. The molecule has 2 aliphatic rings. The van der Waals surface area contributed by atoms with E-state index in [0.29, 0.717) is 0 Å². The molecule has 0 atom stereocenters. The lowest BCUT2D eigenvalue weighted by molar-refractivity contribution is 0.252. The van der Waals surface area contributed by atoms with Gasteiger partial charge in [-0.1, -0.05) is 12.2 Å². The van der Waals surface area contributed by atoms with Crippen molar-refractivity contribution < 1.29 is 17.9 Å². The molecule has 0 aromatic heterocycles. The van der Waals surface area contributed by atoms with E-state index >= 15 is 0 Å². The van der Waals surface area contributed by atoms with E-state index in [2.05, 4.69) is 0 Å². The highest BCUT2D eigenvalue weighted by atomic mass is 32.2. The van der Waals surface area contributed by atoms with Crippen molar-refractivity contribution in [3.63, 3.8) is 0 Å². The minimum Gasteiger partial charge on any atom is -0.479 e. The standard InChI is InChI=1S/C10H10O4S/c11-15(12,9-5-1-3-7-13-9)10-6-2-4-8-14-10/h1-6H,7-8H2. The van der Waals surface area contributed by atoms with Gasteiger partial charge in [0.2, 0.25) is 10.2 Å². The Bertz CT molecular complexity index is 428. The molecule has 0 unspecified atom stereocenters. The SMILES string of the molecule is O=S(=O)(C1=CC=CCO1)C1=CC=CCO1. The van der Waals surface area contributed by atoms with Crippen LogP contribution in [0.15, 0.2) is 46.6 Å². The summed E-state index contributed by atoms with van der Waals surface area (Å²) in [5.41, 5.74) is 0. The Balaban J connectivity index is 2.34. The Hall–Kier alpha value is -1.49. The topological polar surface area (TPSA) is 52.6 Å². The van der Waals surface area contributed by atoms with Gasteiger partial charge in [0, 0.05) is 0 Å². The molecule has 0 saturated heterocycles. The second kappa shape index (κ2) is 3.94. The number of hydrogen-bond acceptors (Lipinski definition) is 4. The maximum atomic E-state index is 11.9. The van der Waals surface area contributed by atoms with E-state index in [-0.39, 0.29) is 23.4 Å². The van der Waals surface area contributed by atoms with Gasteiger partial charge in [-0.2, -0.15) is 0 Å². The van der Waals surface area contributed by atoms with E-state index in [0.717, 1.165) is 0 Å². The molecule has 0 aromatic rings. The van der Waals surface area contributed by atoms with Crippen LogP contribution in [0.25, 0.3) is 0 Å². The monoisotopic (exact) mass is 226 g/mol.